The predicted molar refractivity (Wildman–Crippen MR) is 83.2 cm³/mol. The summed E-state index contributed by atoms with van der Waals surface area (Å²) in [6, 6.07) is 10.6. The minimum absolute atomic E-state index is 0.336. The molecule has 0 radical (unpaired) electrons. The van der Waals surface area contributed by atoms with Crippen LogP contribution in [0.3, 0.4) is 0 Å². The Labute approximate surface area is 124 Å². The lowest BCUT2D eigenvalue weighted by Crippen LogP contribution is -2.28. The molecule has 0 aliphatic carbocycles. The molecule has 0 unspecified atom stereocenters. The Morgan fingerprint density at radius 3 is 2.90 bits per heavy atom. The van der Waals surface area contributed by atoms with Gasteiger partial charge in [0.15, 0.2) is 5.82 Å². The number of nitrogens with zero attached hydrogens (tertiary/aromatic N) is 4. The number of aryl methyl sites for hydroxylation is 1. The topological polar surface area (TPSA) is 35.6 Å². The van der Waals surface area contributed by atoms with Gasteiger partial charge in [0, 0.05) is 24.7 Å². The maximum atomic E-state index is 4.44. The van der Waals surface area contributed by atoms with Crippen LogP contribution in [0.15, 0.2) is 36.5 Å². The van der Waals surface area contributed by atoms with E-state index in [1.54, 1.807) is 0 Å². The Kier molecular flexibility index (Phi) is 2.67. The molecule has 2 aromatic heterocycles. The Morgan fingerprint density at radius 1 is 1.14 bits per heavy atom. The van der Waals surface area contributed by atoms with Crippen molar-refractivity contribution in [1.29, 1.82) is 0 Å². The molecule has 0 spiro atoms. The average molecular weight is 280 g/mol. The number of hydrogen-bond acceptors (Lipinski definition) is 2. The van der Waals surface area contributed by atoms with Crippen LogP contribution in [-0.2, 0) is 19.5 Å². The number of hydrogen-bond donors (Lipinski definition) is 0. The van der Waals surface area contributed by atoms with E-state index in [1.165, 1.54) is 17.3 Å². The lowest BCUT2D eigenvalue weighted by atomic mass is 9.85. The molecule has 3 heterocycles. The van der Waals surface area contributed by atoms with Gasteiger partial charge in [-0.25, -0.2) is 0 Å². The van der Waals surface area contributed by atoms with E-state index in [4.69, 9.17) is 0 Å². The zero-order chi connectivity index (χ0) is 14.4. The van der Waals surface area contributed by atoms with Gasteiger partial charge in [-0.15, -0.1) is 10.2 Å². The van der Waals surface area contributed by atoms with Crippen molar-refractivity contribution in [2.75, 3.05) is 0 Å². The fourth-order valence-corrected chi connectivity index (χ4v) is 3.24. The van der Waals surface area contributed by atoms with Crippen molar-refractivity contribution in [3.8, 4) is 0 Å². The number of aromatic nitrogens is 4. The summed E-state index contributed by atoms with van der Waals surface area (Å²) in [5, 5.41) is 10.1. The first-order valence-electron chi connectivity index (χ1n) is 7.57. The minimum Gasteiger partial charge on any atom is -0.340 e. The zero-order valence-electron chi connectivity index (χ0n) is 12.6. The molecule has 21 heavy (non-hydrogen) atoms. The van der Waals surface area contributed by atoms with E-state index in [1.807, 2.05) is 0 Å². The first kappa shape index (κ1) is 12.6. The summed E-state index contributed by atoms with van der Waals surface area (Å²) in [6.07, 6.45) is 4.37. The maximum Gasteiger partial charge on any atom is 0.153 e. The van der Waals surface area contributed by atoms with Gasteiger partial charge in [-0.2, -0.15) is 0 Å². The largest absolute Gasteiger partial charge is 0.340 e. The van der Waals surface area contributed by atoms with Crippen LogP contribution in [-0.4, -0.2) is 19.3 Å². The van der Waals surface area contributed by atoms with E-state index >= 15 is 0 Å². The molecule has 108 valence electrons. The van der Waals surface area contributed by atoms with Gasteiger partial charge in [0.25, 0.3) is 0 Å². The molecule has 0 atom stereocenters. The Balaban J connectivity index is 1.71. The van der Waals surface area contributed by atoms with E-state index in [0.717, 1.165) is 31.2 Å². The van der Waals surface area contributed by atoms with Crippen LogP contribution in [0.25, 0.3) is 10.9 Å². The van der Waals surface area contributed by atoms with Crippen LogP contribution in [0.5, 0.6) is 0 Å². The third-order valence-electron chi connectivity index (χ3n) is 4.51. The average Bonchev–Trinajstić information content (AvgIpc) is 3.04. The standard InChI is InChI=1S/C17H20N4/c1-17(2)9-7-15-18-19-16(21(15)12-17)11-20-10-8-13-5-3-4-6-14(13)20/h3-6,8,10H,7,9,11-12H2,1-2H3. The normalized spacial score (nSPS) is 17.0. The number of fused-ring (bicyclic) bond motifs is 2. The molecule has 4 rings (SSSR count). The van der Waals surface area contributed by atoms with Crippen molar-refractivity contribution in [1.82, 2.24) is 19.3 Å². The molecule has 1 aliphatic rings. The molecule has 0 bridgehead atoms. The highest BCUT2D eigenvalue weighted by Crippen LogP contribution is 2.30. The molecular weight excluding hydrogens is 260 g/mol. The van der Waals surface area contributed by atoms with Crippen LogP contribution in [0.4, 0.5) is 0 Å². The van der Waals surface area contributed by atoms with Crippen molar-refractivity contribution in [2.45, 2.75) is 39.8 Å². The summed E-state index contributed by atoms with van der Waals surface area (Å²) in [5.74, 6) is 2.21. The summed E-state index contributed by atoms with van der Waals surface area (Å²) < 4.78 is 4.58. The van der Waals surface area contributed by atoms with Gasteiger partial charge in [0.2, 0.25) is 0 Å². The monoisotopic (exact) mass is 280 g/mol. The number of para-hydroxylation sites is 1. The van der Waals surface area contributed by atoms with Crippen molar-refractivity contribution < 1.29 is 0 Å². The fourth-order valence-electron chi connectivity index (χ4n) is 3.24. The van der Waals surface area contributed by atoms with Crippen molar-refractivity contribution in [3.63, 3.8) is 0 Å². The van der Waals surface area contributed by atoms with Gasteiger partial charge in [-0.3, -0.25) is 0 Å². The first-order valence-corrected chi connectivity index (χ1v) is 7.57. The number of benzene rings is 1. The zero-order valence-corrected chi connectivity index (χ0v) is 12.6. The Morgan fingerprint density at radius 2 is 2.00 bits per heavy atom. The lowest BCUT2D eigenvalue weighted by molar-refractivity contribution is 0.243. The van der Waals surface area contributed by atoms with E-state index in [-0.39, 0.29) is 0 Å². The summed E-state index contributed by atoms with van der Waals surface area (Å²) in [5.41, 5.74) is 1.59. The maximum absolute atomic E-state index is 4.44. The van der Waals surface area contributed by atoms with Gasteiger partial charge < -0.3 is 9.13 Å². The molecule has 3 aromatic rings. The van der Waals surface area contributed by atoms with Crippen LogP contribution < -0.4 is 0 Å². The molecule has 1 aliphatic heterocycles. The van der Waals surface area contributed by atoms with Gasteiger partial charge in [-0.05, 0) is 29.4 Å². The highest BCUT2D eigenvalue weighted by atomic mass is 15.3. The molecule has 4 heteroatoms. The highest BCUT2D eigenvalue weighted by molar-refractivity contribution is 5.79. The predicted octanol–water partition coefficient (Wildman–Crippen LogP) is 3.25. The smallest absolute Gasteiger partial charge is 0.153 e. The third kappa shape index (κ3) is 2.15. The van der Waals surface area contributed by atoms with Gasteiger partial charge >= 0.3 is 0 Å². The van der Waals surface area contributed by atoms with E-state index < -0.39 is 0 Å². The van der Waals surface area contributed by atoms with Crippen molar-refractivity contribution >= 4 is 10.9 Å². The highest BCUT2D eigenvalue weighted by Gasteiger charge is 2.28. The van der Waals surface area contributed by atoms with Crippen LogP contribution >= 0.6 is 0 Å². The van der Waals surface area contributed by atoms with Crippen LogP contribution in [0.2, 0.25) is 0 Å². The summed E-state index contributed by atoms with van der Waals surface area (Å²) in [6.45, 7) is 6.45. The Bertz CT molecular complexity index is 794. The van der Waals surface area contributed by atoms with Gasteiger partial charge in [0.1, 0.15) is 5.82 Å². The summed E-state index contributed by atoms with van der Waals surface area (Å²) in [4.78, 5) is 0. The quantitative estimate of drug-likeness (QED) is 0.722. The van der Waals surface area contributed by atoms with Crippen molar-refractivity contribution in [3.05, 3.63) is 48.2 Å². The van der Waals surface area contributed by atoms with E-state index in [0.29, 0.717) is 5.41 Å². The lowest BCUT2D eigenvalue weighted by Gasteiger charge is -2.30. The second kappa shape index (κ2) is 4.45. The number of rotatable bonds is 2. The van der Waals surface area contributed by atoms with E-state index in [9.17, 15) is 0 Å². The third-order valence-corrected chi connectivity index (χ3v) is 4.51. The molecule has 1 aromatic carbocycles. The molecule has 0 saturated carbocycles. The fraction of sp³-hybridized carbons (Fsp3) is 0.412. The molecular formula is C17H20N4. The first-order chi connectivity index (χ1) is 10.1. The van der Waals surface area contributed by atoms with Crippen molar-refractivity contribution in [2.24, 2.45) is 5.41 Å². The summed E-state index contributed by atoms with van der Waals surface area (Å²) >= 11 is 0. The van der Waals surface area contributed by atoms with Gasteiger partial charge in [-0.1, -0.05) is 32.0 Å². The van der Waals surface area contributed by atoms with Crippen LogP contribution in [0.1, 0.15) is 31.9 Å². The Hall–Kier alpha value is -2.10. The summed E-state index contributed by atoms with van der Waals surface area (Å²) in [7, 11) is 0. The van der Waals surface area contributed by atoms with Crippen LogP contribution in [0, 0.1) is 5.41 Å². The van der Waals surface area contributed by atoms with E-state index in [2.05, 4.69) is 69.7 Å². The molecule has 0 amide bonds. The minimum atomic E-state index is 0.336. The molecule has 0 N–H and O–H groups in total. The molecule has 4 nitrogen and oxygen atoms in total. The van der Waals surface area contributed by atoms with Gasteiger partial charge in [0.05, 0.1) is 6.54 Å². The molecule has 0 fully saturated rings. The molecule has 0 saturated heterocycles. The second-order valence-electron chi connectivity index (χ2n) is 6.79. The SMILES string of the molecule is CC1(C)CCc2nnc(Cn3ccc4ccccc43)n2C1. The second-order valence-corrected chi connectivity index (χ2v) is 6.79.